The van der Waals surface area contributed by atoms with Crippen molar-refractivity contribution >= 4 is 11.6 Å². The Labute approximate surface area is 126 Å². The van der Waals surface area contributed by atoms with Crippen LogP contribution < -0.4 is 11.1 Å². The second-order valence-corrected chi connectivity index (χ2v) is 5.38. The minimum absolute atomic E-state index is 0.0525. The quantitative estimate of drug-likeness (QED) is 0.841. The molecule has 1 unspecified atom stereocenters. The Hall–Kier alpha value is -2.29. The zero-order valence-electron chi connectivity index (χ0n) is 12.8. The molecule has 0 aliphatic heterocycles. The first kappa shape index (κ1) is 15.1. The number of carbonyl (C=O) groups excluding carboxylic acids is 1. The monoisotopic (exact) mass is 282 g/mol. The first-order chi connectivity index (χ1) is 10.0. The lowest BCUT2D eigenvalue weighted by Gasteiger charge is -2.16. The molecule has 1 atom stereocenters. The lowest BCUT2D eigenvalue weighted by Crippen LogP contribution is -2.27. The molecule has 0 fully saturated rings. The maximum absolute atomic E-state index is 12.3. The van der Waals surface area contributed by atoms with E-state index in [9.17, 15) is 4.79 Å². The molecule has 2 rings (SSSR count). The van der Waals surface area contributed by atoms with Crippen LogP contribution in [0.1, 0.15) is 46.9 Å². The first-order valence-corrected chi connectivity index (χ1v) is 7.27. The molecule has 2 aromatic carbocycles. The molecule has 0 saturated carbocycles. The summed E-state index contributed by atoms with van der Waals surface area (Å²) in [5.74, 6) is -0.136. The predicted molar refractivity (Wildman–Crippen MR) is 87.3 cm³/mol. The number of nitrogens with one attached hydrogen (secondary N) is 1. The Balaban J connectivity index is 2.12. The molecule has 0 radical (unpaired) electrons. The summed E-state index contributed by atoms with van der Waals surface area (Å²) in [4.78, 5) is 12.3. The number of hydrogen-bond acceptors (Lipinski definition) is 2. The van der Waals surface area contributed by atoms with E-state index in [0.29, 0.717) is 11.3 Å². The summed E-state index contributed by atoms with van der Waals surface area (Å²) >= 11 is 0. The van der Waals surface area contributed by atoms with E-state index < -0.39 is 0 Å². The van der Waals surface area contributed by atoms with Gasteiger partial charge in [0.1, 0.15) is 0 Å². The Morgan fingerprint density at radius 2 is 1.86 bits per heavy atom. The lowest BCUT2D eigenvalue weighted by molar-refractivity contribution is 0.0940. The summed E-state index contributed by atoms with van der Waals surface area (Å²) < 4.78 is 0. The van der Waals surface area contributed by atoms with Crippen molar-refractivity contribution in [2.75, 3.05) is 5.73 Å². The molecule has 3 nitrogen and oxygen atoms in total. The Morgan fingerprint density at radius 1 is 1.19 bits per heavy atom. The van der Waals surface area contributed by atoms with Crippen LogP contribution in [-0.4, -0.2) is 5.91 Å². The molecule has 110 valence electrons. The number of anilines is 1. The smallest absolute Gasteiger partial charge is 0.253 e. The van der Waals surface area contributed by atoms with E-state index in [4.69, 9.17) is 5.73 Å². The van der Waals surface area contributed by atoms with Gasteiger partial charge in [0.25, 0.3) is 5.91 Å². The van der Waals surface area contributed by atoms with Crippen molar-refractivity contribution in [3.63, 3.8) is 0 Å². The molecular formula is C18H22N2O. The molecule has 0 saturated heterocycles. The highest BCUT2D eigenvalue weighted by atomic mass is 16.1. The Morgan fingerprint density at radius 3 is 2.48 bits per heavy atom. The van der Waals surface area contributed by atoms with E-state index in [1.807, 2.05) is 26.0 Å². The van der Waals surface area contributed by atoms with Crippen LogP contribution in [0, 0.1) is 6.92 Å². The molecule has 0 heterocycles. The summed E-state index contributed by atoms with van der Waals surface area (Å²) in [7, 11) is 0. The normalized spacial score (nSPS) is 12.0. The van der Waals surface area contributed by atoms with Crippen molar-refractivity contribution in [3.05, 3.63) is 64.7 Å². The highest BCUT2D eigenvalue weighted by molar-refractivity contribution is 5.99. The van der Waals surface area contributed by atoms with Crippen molar-refractivity contribution < 1.29 is 4.79 Å². The number of benzene rings is 2. The summed E-state index contributed by atoms with van der Waals surface area (Å²) in [5.41, 5.74) is 10.3. The molecule has 2 aromatic rings. The van der Waals surface area contributed by atoms with Gasteiger partial charge < -0.3 is 11.1 Å². The van der Waals surface area contributed by atoms with Crippen LogP contribution in [0.4, 0.5) is 5.69 Å². The van der Waals surface area contributed by atoms with Crippen molar-refractivity contribution in [1.29, 1.82) is 0 Å². The Kier molecular flexibility index (Phi) is 4.63. The van der Waals surface area contributed by atoms with Gasteiger partial charge in [0, 0.05) is 5.69 Å². The first-order valence-electron chi connectivity index (χ1n) is 7.27. The topological polar surface area (TPSA) is 55.1 Å². The summed E-state index contributed by atoms with van der Waals surface area (Å²) in [6, 6.07) is 13.7. The second kappa shape index (κ2) is 6.44. The van der Waals surface area contributed by atoms with Gasteiger partial charge in [-0.1, -0.05) is 42.8 Å². The molecular weight excluding hydrogens is 260 g/mol. The molecule has 3 N–H and O–H groups in total. The molecule has 0 aliphatic carbocycles. The summed E-state index contributed by atoms with van der Waals surface area (Å²) in [5, 5.41) is 3.00. The molecule has 21 heavy (non-hydrogen) atoms. The van der Waals surface area contributed by atoms with Gasteiger partial charge in [-0.3, -0.25) is 4.79 Å². The zero-order chi connectivity index (χ0) is 15.4. The maximum atomic E-state index is 12.3. The average molecular weight is 282 g/mol. The van der Waals surface area contributed by atoms with E-state index in [-0.39, 0.29) is 11.9 Å². The van der Waals surface area contributed by atoms with Gasteiger partial charge in [-0.05, 0) is 43.5 Å². The third-order valence-electron chi connectivity index (χ3n) is 3.69. The van der Waals surface area contributed by atoms with Crippen LogP contribution in [0.25, 0.3) is 0 Å². The molecule has 3 heteroatoms. The SMILES string of the molecule is CCc1ccc(C(C)NC(=O)c2cc(C)ccc2N)cc1. The van der Waals surface area contributed by atoms with Gasteiger partial charge >= 0.3 is 0 Å². The van der Waals surface area contributed by atoms with E-state index in [1.54, 1.807) is 6.07 Å². The van der Waals surface area contributed by atoms with Gasteiger partial charge in [-0.15, -0.1) is 0 Å². The number of nitrogen functional groups attached to an aromatic ring is 1. The fraction of sp³-hybridized carbons (Fsp3) is 0.278. The van der Waals surface area contributed by atoms with Crippen molar-refractivity contribution in [3.8, 4) is 0 Å². The van der Waals surface area contributed by atoms with Crippen LogP contribution in [0.2, 0.25) is 0 Å². The van der Waals surface area contributed by atoms with E-state index >= 15 is 0 Å². The number of hydrogen-bond donors (Lipinski definition) is 2. The minimum atomic E-state index is -0.136. The lowest BCUT2D eigenvalue weighted by atomic mass is 10.0. The van der Waals surface area contributed by atoms with E-state index in [1.165, 1.54) is 5.56 Å². The van der Waals surface area contributed by atoms with Gasteiger partial charge in [0.2, 0.25) is 0 Å². The van der Waals surface area contributed by atoms with Crippen LogP contribution in [-0.2, 0) is 6.42 Å². The fourth-order valence-corrected chi connectivity index (χ4v) is 2.27. The van der Waals surface area contributed by atoms with E-state index in [2.05, 4.69) is 36.5 Å². The summed E-state index contributed by atoms with van der Waals surface area (Å²) in [6.07, 6.45) is 1.01. The molecule has 0 aromatic heterocycles. The van der Waals surface area contributed by atoms with E-state index in [0.717, 1.165) is 17.5 Å². The highest BCUT2D eigenvalue weighted by Gasteiger charge is 2.14. The van der Waals surface area contributed by atoms with Crippen LogP contribution in [0.5, 0.6) is 0 Å². The fourth-order valence-electron chi connectivity index (χ4n) is 2.27. The van der Waals surface area contributed by atoms with Crippen LogP contribution in [0.3, 0.4) is 0 Å². The third-order valence-corrected chi connectivity index (χ3v) is 3.69. The Bertz CT molecular complexity index is 632. The van der Waals surface area contributed by atoms with Crippen LogP contribution in [0.15, 0.2) is 42.5 Å². The number of nitrogens with two attached hydrogens (primary N) is 1. The number of aryl methyl sites for hydroxylation is 2. The van der Waals surface area contributed by atoms with Crippen molar-refractivity contribution in [2.24, 2.45) is 0 Å². The van der Waals surface area contributed by atoms with Gasteiger partial charge in [0.15, 0.2) is 0 Å². The zero-order valence-corrected chi connectivity index (χ0v) is 12.8. The summed E-state index contributed by atoms with van der Waals surface area (Å²) in [6.45, 7) is 6.05. The second-order valence-electron chi connectivity index (χ2n) is 5.38. The largest absolute Gasteiger partial charge is 0.398 e. The molecule has 0 aliphatic rings. The number of amides is 1. The molecule has 0 bridgehead atoms. The van der Waals surface area contributed by atoms with Gasteiger partial charge in [-0.2, -0.15) is 0 Å². The average Bonchev–Trinajstić information content (AvgIpc) is 2.49. The number of carbonyl (C=O) groups is 1. The maximum Gasteiger partial charge on any atom is 0.253 e. The standard InChI is InChI=1S/C18H22N2O/c1-4-14-6-8-15(9-7-14)13(3)20-18(21)16-11-12(2)5-10-17(16)19/h5-11,13H,4,19H2,1-3H3,(H,20,21). The number of rotatable bonds is 4. The highest BCUT2D eigenvalue weighted by Crippen LogP contribution is 2.17. The molecule has 0 spiro atoms. The van der Waals surface area contributed by atoms with Crippen molar-refractivity contribution in [1.82, 2.24) is 5.32 Å². The van der Waals surface area contributed by atoms with Gasteiger partial charge in [0.05, 0.1) is 11.6 Å². The third kappa shape index (κ3) is 3.63. The van der Waals surface area contributed by atoms with Crippen LogP contribution >= 0.6 is 0 Å². The molecule has 1 amide bonds. The predicted octanol–water partition coefficient (Wildman–Crippen LogP) is 3.63. The minimum Gasteiger partial charge on any atom is -0.398 e. The van der Waals surface area contributed by atoms with Crippen molar-refractivity contribution in [2.45, 2.75) is 33.2 Å². The van der Waals surface area contributed by atoms with Gasteiger partial charge in [-0.25, -0.2) is 0 Å².